The number of hydrogen-bond donors (Lipinski definition) is 0. The number of aromatic nitrogens is 1. The van der Waals surface area contributed by atoms with E-state index in [9.17, 15) is 0 Å². The van der Waals surface area contributed by atoms with Gasteiger partial charge in [-0.05, 0) is 63.1 Å². The summed E-state index contributed by atoms with van der Waals surface area (Å²) in [6.07, 6.45) is 4.32. The zero-order chi connectivity index (χ0) is 39.9. The molecule has 5 aromatic carbocycles. The molecule has 3 unspecified atom stereocenters. The van der Waals surface area contributed by atoms with Gasteiger partial charge in [0.2, 0.25) is 0 Å². The standard InChI is InChI=1S/C41H27N2.6C2H6.U/c1-2-13-29(14-3-1)42-24-41-38-32(17-8-18-34(38)42)36-30-15-6-4-10-25(30)22-27-19-20-33(39(41)35(27)36)37-31-16-7-5-11-26(31)23-28-12-9-21-43(41)40(28)37;6*1-2;/h1-13,15-21,24,36-37H,22-23H2;6*1-2H3;/q-1;;;;;;;+2. The van der Waals surface area contributed by atoms with Crippen molar-refractivity contribution in [1.82, 2.24) is 0 Å². The minimum Gasteiger partial charge on any atom is -0.507 e. The Morgan fingerprint density at radius 3 is 1.73 bits per heavy atom. The Morgan fingerprint density at radius 1 is 0.536 bits per heavy atom. The topological polar surface area (TPSA) is 7.12 Å². The summed E-state index contributed by atoms with van der Waals surface area (Å²) in [5, 5.41) is 0. The SMILES string of the molecule is CC.CC.CC.CC.CC.CC.[U+2].[c-]1ccccc1N1[CH-]C23c4c(cccc41)C1c4ccccc4Cc4ccc(c2c41)C1c2ccccc2Cc2ccc[n+]3c21. The van der Waals surface area contributed by atoms with Gasteiger partial charge in [0.05, 0.1) is 5.92 Å². The van der Waals surface area contributed by atoms with Gasteiger partial charge in [0, 0.05) is 40.8 Å². The molecule has 3 heteroatoms. The second-order valence-electron chi connectivity index (χ2n) is 12.8. The first-order valence-corrected chi connectivity index (χ1v) is 21.4. The van der Waals surface area contributed by atoms with Crippen LogP contribution >= 0.6 is 0 Å². The fourth-order valence-corrected chi connectivity index (χ4v) is 9.44. The maximum absolute atomic E-state index is 3.56. The third-order valence-corrected chi connectivity index (χ3v) is 10.9. The van der Waals surface area contributed by atoms with E-state index in [0.29, 0.717) is 0 Å². The van der Waals surface area contributed by atoms with Crippen molar-refractivity contribution in [2.24, 2.45) is 0 Å². The molecular weight excluding hydrogens is 903 g/mol. The van der Waals surface area contributed by atoms with E-state index in [1.54, 1.807) is 0 Å². The molecule has 1 spiro atoms. The first-order valence-electron chi connectivity index (χ1n) is 21.4. The Hall–Kier alpha value is -3.90. The summed E-state index contributed by atoms with van der Waals surface area (Å²) in [5.74, 6) is 0.430. The summed E-state index contributed by atoms with van der Waals surface area (Å²) >= 11 is 0. The van der Waals surface area contributed by atoms with Gasteiger partial charge in [-0.25, -0.2) is 4.57 Å². The van der Waals surface area contributed by atoms with Crippen LogP contribution in [0.15, 0.2) is 121 Å². The van der Waals surface area contributed by atoms with E-state index in [0.717, 1.165) is 18.5 Å². The summed E-state index contributed by atoms with van der Waals surface area (Å²) in [5.41, 5.74) is 19.5. The molecule has 0 bridgehead atoms. The number of benzene rings is 5. The molecule has 0 N–H and O–H groups in total. The van der Waals surface area contributed by atoms with Gasteiger partial charge < -0.3 is 4.90 Å². The van der Waals surface area contributed by atoms with Crippen LogP contribution in [0.2, 0.25) is 0 Å². The molecule has 0 saturated heterocycles. The molecule has 2 nitrogen and oxygen atoms in total. The Bertz CT molecular complexity index is 2200. The smallest absolute Gasteiger partial charge is 0.507 e. The van der Waals surface area contributed by atoms with E-state index >= 15 is 0 Å². The van der Waals surface area contributed by atoms with E-state index in [4.69, 9.17) is 0 Å². The second-order valence-corrected chi connectivity index (χ2v) is 12.8. The first-order chi connectivity index (χ1) is 27.3. The quantitative estimate of drug-likeness (QED) is 0.117. The van der Waals surface area contributed by atoms with Crippen molar-refractivity contribution in [2.45, 2.75) is 113 Å². The molecule has 56 heavy (non-hydrogen) atoms. The van der Waals surface area contributed by atoms with Crippen molar-refractivity contribution in [3.8, 4) is 0 Å². The van der Waals surface area contributed by atoms with Crippen LogP contribution in [0.1, 0.15) is 162 Å². The van der Waals surface area contributed by atoms with Gasteiger partial charge in [-0.2, -0.15) is 36.9 Å². The Morgan fingerprint density at radius 2 is 1.09 bits per heavy atom. The zero-order valence-corrected chi connectivity index (χ0v) is 40.3. The van der Waals surface area contributed by atoms with Crippen LogP contribution in [0.25, 0.3) is 0 Å². The average Bonchev–Trinajstić information content (AvgIpc) is 3.64. The van der Waals surface area contributed by atoms with Gasteiger partial charge in [-0.15, -0.1) is 5.69 Å². The van der Waals surface area contributed by atoms with E-state index < -0.39 is 5.54 Å². The molecule has 0 saturated carbocycles. The summed E-state index contributed by atoms with van der Waals surface area (Å²) < 4.78 is 2.67. The second kappa shape index (κ2) is 20.0. The molecule has 11 rings (SSSR count). The summed E-state index contributed by atoms with van der Waals surface area (Å²) in [6, 6.07) is 46.9. The van der Waals surface area contributed by atoms with Crippen LogP contribution in [0, 0.1) is 43.7 Å². The van der Waals surface area contributed by atoms with E-state index in [2.05, 4.69) is 137 Å². The molecule has 3 atom stereocenters. The van der Waals surface area contributed by atoms with Gasteiger partial charge >= 0.3 is 31.1 Å². The van der Waals surface area contributed by atoms with Gasteiger partial charge in [-0.3, -0.25) is 0 Å². The number of pyridine rings is 1. The zero-order valence-electron chi connectivity index (χ0n) is 36.1. The van der Waals surface area contributed by atoms with Gasteiger partial charge in [-0.1, -0.05) is 156 Å². The van der Waals surface area contributed by atoms with Crippen molar-refractivity contribution in [2.75, 3.05) is 4.90 Å². The minimum atomic E-state index is -0.437. The summed E-state index contributed by atoms with van der Waals surface area (Å²) in [6.45, 7) is 26.5. The fourth-order valence-electron chi connectivity index (χ4n) is 9.44. The van der Waals surface area contributed by atoms with Crippen molar-refractivity contribution < 1.29 is 35.7 Å². The molecule has 0 amide bonds. The molecule has 3 aliphatic carbocycles. The predicted molar refractivity (Wildman–Crippen MR) is 236 cm³/mol. The number of nitrogens with zero attached hydrogens (tertiary/aromatic N) is 2. The van der Waals surface area contributed by atoms with Crippen LogP contribution in [0.3, 0.4) is 0 Å². The number of rotatable bonds is 1. The Balaban J connectivity index is 0.000000494. The largest absolute Gasteiger partial charge is 2.00 e. The first kappa shape index (κ1) is 44.8. The summed E-state index contributed by atoms with van der Waals surface area (Å²) in [4.78, 5) is 2.43. The molecular formula is C53H63N2U+. The van der Waals surface area contributed by atoms with Crippen molar-refractivity contribution in [1.29, 1.82) is 0 Å². The Labute approximate surface area is 363 Å². The number of hydrogen-bond acceptors (Lipinski definition) is 1. The molecule has 2 aliphatic heterocycles. The number of fused-ring (bicyclic) bond motifs is 6. The normalized spacial score (nSPS) is 17.7. The molecule has 5 aliphatic rings. The number of anilines is 2. The van der Waals surface area contributed by atoms with Crippen LogP contribution in [0.5, 0.6) is 0 Å². The third kappa shape index (κ3) is 6.72. The van der Waals surface area contributed by atoms with Crippen LogP contribution in [-0.2, 0) is 18.4 Å². The maximum Gasteiger partial charge on any atom is 2.00 e. The van der Waals surface area contributed by atoms with Gasteiger partial charge in [0.25, 0.3) is 0 Å². The monoisotopic (exact) mass is 966 g/mol. The van der Waals surface area contributed by atoms with Crippen LogP contribution in [0.4, 0.5) is 11.4 Å². The van der Waals surface area contributed by atoms with Crippen molar-refractivity contribution >= 4 is 11.4 Å². The van der Waals surface area contributed by atoms with E-state index in [-0.39, 0.29) is 42.9 Å². The summed E-state index contributed by atoms with van der Waals surface area (Å²) in [7, 11) is 0. The maximum atomic E-state index is 3.56. The minimum absolute atomic E-state index is 0. The average molecular weight is 966 g/mol. The Kier molecular flexibility index (Phi) is 16.0. The number of para-hydroxylation sites is 1. The molecule has 0 fully saturated rings. The molecule has 288 valence electrons. The molecule has 0 radical (unpaired) electrons. The predicted octanol–water partition coefficient (Wildman–Crippen LogP) is 13.8. The molecule has 6 aromatic rings. The van der Waals surface area contributed by atoms with E-state index in [1.165, 1.54) is 72.6 Å². The molecule has 3 heterocycles. The van der Waals surface area contributed by atoms with Crippen LogP contribution in [-0.4, -0.2) is 0 Å². The third-order valence-electron chi connectivity index (χ3n) is 10.9. The van der Waals surface area contributed by atoms with Crippen molar-refractivity contribution in [3.05, 3.63) is 201 Å². The fraction of sp³-hybridized carbons (Fsp3) is 0.321. The van der Waals surface area contributed by atoms with Gasteiger partial charge in [0.1, 0.15) is 5.54 Å². The van der Waals surface area contributed by atoms with Crippen LogP contribution < -0.4 is 9.47 Å². The molecule has 1 aromatic heterocycles. The van der Waals surface area contributed by atoms with Gasteiger partial charge in [0.15, 0.2) is 11.9 Å². The van der Waals surface area contributed by atoms with E-state index in [1.807, 2.05) is 89.2 Å². The van der Waals surface area contributed by atoms with Crippen molar-refractivity contribution in [3.63, 3.8) is 0 Å².